The van der Waals surface area contributed by atoms with E-state index in [2.05, 4.69) is 157 Å². The third-order valence-electron chi connectivity index (χ3n) is 11.1. The van der Waals surface area contributed by atoms with E-state index in [4.69, 9.17) is 13.1 Å². The van der Waals surface area contributed by atoms with Crippen LogP contribution in [0.4, 0.5) is 11.4 Å². The van der Waals surface area contributed by atoms with Gasteiger partial charge in [0.15, 0.2) is 5.69 Å². The smallest absolute Gasteiger partial charge is 0.211 e. The molecule has 0 bridgehead atoms. The summed E-state index contributed by atoms with van der Waals surface area (Å²) in [6.45, 7) is 16.0. The molecule has 11 aromatic rings. The van der Waals surface area contributed by atoms with Crippen LogP contribution < -0.4 is 0 Å². The molecule has 0 N–H and O–H groups in total. The van der Waals surface area contributed by atoms with Crippen molar-refractivity contribution in [2.45, 2.75) is 0 Å². The van der Waals surface area contributed by atoms with Gasteiger partial charge in [0.25, 0.3) is 0 Å². The molecular formula is C50H29N5. The summed E-state index contributed by atoms with van der Waals surface area (Å²) in [4.78, 5) is 7.84. The van der Waals surface area contributed by atoms with Crippen molar-refractivity contribution in [1.82, 2.24) is 13.7 Å². The number of hydrogen-bond donors (Lipinski definition) is 0. The van der Waals surface area contributed by atoms with Crippen LogP contribution in [0.2, 0.25) is 0 Å². The van der Waals surface area contributed by atoms with E-state index in [0.717, 1.165) is 61.0 Å². The van der Waals surface area contributed by atoms with Crippen molar-refractivity contribution in [2.24, 2.45) is 0 Å². The number of para-hydroxylation sites is 4. The quantitative estimate of drug-likeness (QED) is 0.163. The summed E-state index contributed by atoms with van der Waals surface area (Å²) in [5.41, 5.74) is 12.8. The Morgan fingerprint density at radius 1 is 0.327 bits per heavy atom. The maximum Gasteiger partial charge on any atom is 0.211 e. The minimum atomic E-state index is 0.555. The van der Waals surface area contributed by atoms with E-state index in [0.29, 0.717) is 11.4 Å². The van der Waals surface area contributed by atoms with Gasteiger partial charge < -0.3 is 13.7 Å². The Hall–Kier alpha value is -7.86. The Kier molecular flexibility index (Phi) is 6.61. The molecule has 8 aromatic carbocycles. The van der Waals surface area contributed by atoms with E-state index in [-0.39, 0.29) is 0 Å². The number of nitrogens with zero attached hydrogens (tertiary/aromatic N) is 5. The van der Waals surface area contributed by atoms with Gasteiger partial charge in [0.1, 0.15) is 0 Å². The Balaban J connectivity index is 1.01. The van der Waals surface area contributed by atoms with Crippen molar-refractivity contribution in [3.05, 3.63) is 199 Å². The van der Waals surface area contributed by atoms with Crippen LogP contribution in [0, 0.1) is 13.1 Å². The minimum absolute atomic E-state index is 0.555. The first-order valence-corrected chi connectivity index (χ1v) is 18.3. The highest BCUT2D eigenvalue weighted by Gasteiger charge is 2.19. The fourth-order valence-corrected chi connectivity index (χ4v) is 8.72. The first kappa shape index (κ1) is 30.7. The fourth-order valence-electron chi connectivity index (χ4n) is 8.72. The summed E-state index contributed by atoms with van der Waals surface area (Å²) in [7, 11) is 0. The molecule has 55 heavy (non-hydrogen) atoms. The minimum Gasteiger partial charge on any atom is -0.320 e. The molecule has 3 heterocycles. The van der Waals surface area contributed by atoms with Crippen molar-refractivity contribution in [2.75, 3.05) is 0 Å². The molecule has 0 aliphatic rings. The van der Waals surface area contributed by atoms with Crippen molar-refractivity contribution in [1.29, 1.82) is 0 Å². The summed E-state index contributed by atoms with van der Waals surface area (Å²) in [6, 6.07) is 61.4. The van der Waals surface area contributed by atoms with Gasteiger partial charge in [-0.15, -0.1) is 0 Å². The number of fused-ring (bicyclic) bond motifs is 9. The molecule has 0 radical (unpaired) electrons. The molecule has 0 spiro atoms. The Morgan fingerprint density at radius 3 is 1.45 bits per heavy atom. The van der Waals surface area contributed by atoms with Gasteiger partial charge in [0.05, 0.1) is 46.4 Å². The second-order valence-corrected chi connectivity index (χ2v) is 13.9. The van der Waals surface area contributed by atoms with Crippen LogP contribution in [0.25, 0.3) is 103 Å². The molecule has 0 aliphatic heterocycles. The van der Waals surface area contributed by atoms with E-state index >= 15 is 0 Å². The summed E-state index contributed by atoms with van der Waals surface area (Å²) < 4.78 is 6.84. The molecule has 5 heteroatoms. The standard InChI is InChI=1S/C50H29N5/c1-51-41-16-11-21-49-50(41)39-15-6-10-20-46(39)55(49)48-28-24-33(30-42(48)52-2)32-22-25-34(26-23-32)53-45-19-9-5-14-38(45)40-31-35(27-29-47(40)53)54-43-17-7-3-12-36(43)37-13-4-8-18-44(37)54/h3-31H. The third-order valence-corrected chi connectivity index (χ3v) is 11.1. The summed E-state index contributed by atoms with van der Waals surface area (Å²) in [6.07, 6.45) is 0. The normalized spacial score (nSPS) is 11.6. The van der Waals surface area contributed by atoms with Gasteiger partial charge in [-0.25, -0.2) is 9.69 Å². The zero-order valence-corrected chi connectivity index (χ0v) is 29.5. The van der Waals surface area contributed by atoms with Crippen molar-refractivity contribution < 1.29 is 0 Å². The molecule has 0 atom stereocenters. The molecule has 5 nitrogen and oxygen atoms in total. The third kappa shape index (κ3) is 4.45. The zero-order valence-electron chi connectivity index (χ0n) is 29.5. The van der Waals surface area contributed by atoms with E-state index in [1.165, 1.54) is 32.6 Å². The van der Waals surface area contributed by atoms with Crippen LogP contribution in [-0.2, 0) is 0 Å². The van der Waals surface area contributed by atoms with E-state index in [1.54, 1.807) is 0 Å². The van der Waals surface area contributed by atoms with Crippen LogP contribution in [0.5, 0.6) is 0 Å². The van der Waals surface area contributed by atoms with Crippen LogP contribution in [0.15, 0.2) is 176 Å². The SMILES string of the molecule is [C-]#[N+]c1cc(-c2ccc(-n3c4ccccc4c4cc(-n5c6ccccc6c6ccccc65)ccc43)cc2)ccc1-n1c2ccccc2c2c([N+]#[C-])cccc21. The highest BCUT2D eigenvalue weighted by Crippen LogP contribution is 2.42. The number of benzene rings is 8. The predicted molar refractivity (Wildman–Crippen MR) is 227 cm³/mol. The van der Waals surface area contributed by atoms with Crippen LogP contribution in [-0.4, -0.2) is 13.7 Å². The van der Waals surface area contributed by atoms with Crippen LogP contribution >= 0.6 is 0 Å². The predicted octanol–water partition coefficient (Wildman–Crippen LogP) is 13.7. The number of rotatable bonds is 4. The highest BCUT2D eigenvalue weighted by atomic mass is 15.0. The topological polar surface area (TPSA) is 23.5 Å². The molecule has 11 rings (SSSR count). The molecule has 0 unspecified atom stereocenters. The maximum absolute atomic E-state index is 8.22. The van der Waals surface area contributed by atoms with Crippen LogP contribution in [0.1, 0.15) is 0 Å². The second-order valence-electron chi connectivity index (χ2n) is 13.9. The Morgan fingerprint density at radius 2 is 0.818 bits per heavy atom. The Labute approximate surface area is 316 Å². The second kappa shape index (κ2) is 11.8. The van der Waals surface area contributed by atoms with Gasteiger partial charge in [0, 0.05) is 43.8 Å². The highest BCUT2D eigenvalue weighted by molar-refractivity contribution is 6.16. The lowest BCUT2D eigenvalue weighted by molar-refractivity contribution is 1.16. The lowest BCUT2D eigenvalue weighted by Gasteiger charge is -2.13. The van der Waals surface area contributed by atoms with Crippen molar-refractivity contribution >= 4 is 76.8 Å². The van der Waals surface area contributed by atoms with Gasteiger partial charge in [-0.2, -0.15) is 0 Å². The Bertz CT molecular complexity index is 3400. The first-order valence-electron chi connectivity index (χ1n) is 18.3. The molecule has 0 fully saturated rings. The molecular weight excluding hydrogens is 671 g/mol. The monoisotopic (exact) mass is 699 g/mol. The van der Waals surface area contributed by atoms with E-state index < -0.39 is 0 Å². The first-order chi connectivity index (χ1) is 27.2. The summed E-state index contributed by atoms with van der Waals surface area (Å²) >= 11 is 0. The van der Waals surface area contributed by atoms with Crippen LogP contribution in [0.3, 0.4) is 0 Å². The lowest BCUT2D eigenvalue weighted by atomic mass is 10.0. The van der Waals surface area contributed by atoms with E-state index in [1.807, 2.05) is 42.5 Å². The molecule has 254 valence electrons. The van der Waals surface area contributed by atoms with Gasteiger partial charge in [-0.05, 0) is 89.3 Å². The molecule has 3 aromatic heterocycles. The zero-order chi connectivity index (χ0) is 36.6. The summed E-state index contributed by atoms with van der Waals surface area (Å²) in [5, 5.41) is 6.82. The van der Waals surface area contributed by atoms with Crippen molar-refractivity contribution in [3.8, 4) is 28.2 Å². The van der Waals surface area contributed by atoms with Crippen molar-refractivity contribution in [3.63, 3.8) is 0 Å². The van der Waals surface area contributed by atoms with Gasteiger partial charge >= 0.3 is 0 Å². The number of aromatic nitrogens is 3. The molecule has 0 saturated carbocycles. The fraction of sp³-hybridized carbons (Fsp3) is 0. The average molecular weight is 700 g/mol. The molecule has 0 aliphatic carbocycles. The largest absolute Gasteiger partial charge is 0.320 e. The number of hydrogen-bond acceptors (Lipinski definition) is 0. The van der Waals surface area contributed by atoms with Gasteiger partial charge in [0.2, 0.25) is 5.69 Å². The molecule has 0 saturated heterocycles. The molecule has 0 amide bonds. The van der Waals surface area contributed by atoms with E-state index in [9.17, 15) is 0 Å². The van der Waals surface area contributed by atoms with Gasteiger partial charge in [-0.1, -0.05) is 103 Å². The maximum atomic E-state index is 8.22. The summed E-state index contributed by atoms with van der Waals surface area (Å²) in [5.74, 6) is 0. The van der Waals surface area contributed by atoms with Gasteiger partial charge in [-0.3, -0.25) is 0 Å². The average Bonchev–Trinajstić information content (AvgIpc) is 3.89. The lowest BCUT2D eigenvalue weighted by Crippen LogP contribution is -1.96.